The second kappa shape index (κ2) is 3.80. The Balaban J connectivity index is 3.27. The fourth-order valence-corrected chi connectivity index (χ4v) is 1.43. The second-order valence-corrected chi connectivity index (χ2v) is 4.01. The van der Waals surface area contributed by atoms with Crippen molar-refractivity contribution in [1.29, 1.82) is 0 Å². The molecule has 0 aromatic heterocycles. The summed E-state index contributed by atoms with van der Waals surface area (Å²) in [5.74, 6) is 0. The highest BCUT2D eigenvalue weighted by molar-refractivity contribution is 14.1. The minimum atomic E-state index is -4.34. The van der Waals surface area contributed by atoms with E-state index in [-0.39, 0.29) is 0 Å². The van der Waals surface area contributed by atoms with E-state index in [2.05, 4.69) is 6.58 Å². The largest absolute Gasteiger partial charge is 0.416 e. The van der Waals surface area contributed by atoms with Crippen molar-refractivity contribution in [2.75, 3.05) is 5.73 Å². The van der Waals surface area contributed by atoms with Crippen molar-refractivity contribution < 1.29 is 13.2 Å². The first-order chi connectivity index (χ1) is 6.32. The summed E-state index contributed by atoms with van der Waals surface area (Å²) >= 11 is 1.84. The Kier molecular flexibility index (Phi) is 3.08. The lowest BCUT2D eigenvalue weighted by Crippen LogP contribution is -2.06. The normalized spacial score (nSPS) is 11.4. The van der Waals surface area contributed by atoms with Crippen LogP contribution in [0, 0.1) is 0 Å². The van der Waals surface area contributed by atoms with E-state index in [1.807, 2.05) is 22.6 Å². The number of benzene rings is 1. The van der Waals surface area contributed by atoms with Crippen LogP contribution in [0.3, 0.4) is 0 Å². The topological polar surface area (TPSA) is 26.0 Å². The Morgan fingerprint density at radius 2 is 1.93 bits per heavy atom. The third kappa shape index (κ3) is 2.40. The summed E-state index contributed by atoms with van der Waals surface area (Å²) in [6.45, 7) is 3.55. The Morgan fingerprint density at radius 1 is 1.36 bits per heavy atom. The molecule has 5 heteroatoms. The van der Waals surface area contributed by atoms with Gasteiger partial charge in [-0.25, -0.2) is 0 Å². The van der Waals surface area contributed by atoms with Crippen LogP contribution in [-0.4, -0.2) is 0 Å². The standard InChI is InChI=1S/C9H7F3IN/c1-5(13)7-4-6(9(10,11)12)2-3-8(7)14/h2-4H,1,14H2. The molecular formula is C9H7F3IN. The third-order valence-electron chi connectivity index (χ3n) is 1.67. The molecule has 1 aromatic carbocycles. The molecule has 0 bridgehead atoms. The Hall–Kier alpha value is -0.720. The molecule has 14 heavy (non-hydrogen) atoms. The third-order valence-corrected chi connectivity index (χ3v) is 2.25. The molecule has 0 aliphatic carbocycles. The number of anilines is 1. The average Bonchev–Trinajstić information content (AvgIpc) is 2.02. The zero-order valence-electron chi connectivity index (χ0n) is 7.03. The summed E-state index contributed by atoms with van der Waals surface area (Å²) in [4.78, 5) is 0. The van der Waals surface area contributed by atoms with E-state index in [4.69, 9.17) is 5.73 Å². The summed E-state index contributed by atoms with van der Waals surface area (Å²) in [7, 11) is 0. The van der Waals surface area contributed by atoms with Crippen LogP contribution in [0.5, 0.6) is 0 Å². The highest BCUT2D eigenvalue weighted by atomic mass is 127. The maximum absolute atomic E-state index is 12.3. The van der Waals surface area contributed by atoms with Gasteiger partial charge in [0.2, 0.25) is 0 Å². The first-order valence-electron chi connectivity index (χ1n) is 3.64. The summed E-state index contributed by atoms with van der Waals surface area (Å²) in [6, 6.07) is 3.20. The van der Waals surface area contributed by atoms with Gasteiger partial charge in [-0.2, -0.15) is 13.2 Å². The van der Waals surface area contributed by atoms with Gasteiger partial charge in [0.05, 0.1) is 5.56 Å². The predicted octanol–water partition coefficient (Wildman–Crippen LogP) is 3.69. The number of halogens is 4. The van der Waals surface area contributed by atoms with Crippen LogP contribution in [0.4, 0.5) is 18.9 Å². The van der Waals surface area contributed by atoms with Crippen LogP contribution in [0.2, 0.25) is 0 Å². The van der Waals surface area contributed by atoms with Crippen LogP contribution < -0.4 is 5.73 Å². The van der Waals surface area contributed by atoms with E-state index in [0.29, 0.717) is 14.8 Å². The first kappa shape index (κ1) is 11.4. The molecule has 0 radical (unpaired) electrons. The number of alkyl halides is 3. The van der Waals surface area contributed by atoms with Crippen LogP contribution in [0.15, 0.2) is 24.8 Å². The predicted molar refractivity (Wildman–Crippen MR) is 58.9 cm³/mol. The van der Waals surface area contributed by atoms with E-state index >= 15 is 0 Å². The van der Waals surface area contributed by atoms with Crippen LogP contribution in [0.25, 0.3) is 3.58 Å². The van der Waals surface area contributed by atoms with Gasteiger partial charge >= 0.3 is 6.18 Å². The number of rotatable bonds is 1. The monoisotopic (exact) mass is 313 g/mol. The molecule has 0 aliphatic rings. The van der Waals surface area contributed by atoms with E-state index in [1.165, 1.54) is 6.07 Å². The minimum absolute atomic E-state index is 0.303. The maximum Gasteiger partial charge on any atom is 0.416 e. The fraction of sp³-hybridized carbons (Fsp3) is 0.111. The second-order valence-electron chi connectivity index (χ2n) is 2.70. The Morgan fingerprint density at radius 3 is 2.36 bits per heavy atom. The van der Waals surface area contributed by atoms with E-state index in [0.717, 1.165) is 12.1 Å². The Bertz CT molecular complexity index is 371. The molecule has 0 heterocycles. The molecule has 1 rings (SSSR count). The van der Waals surface area contributed by atoms with Crippen molar-refractivity contribution in [3.8, 4) is 0 Å². The molecule has 0 atom stereocenters. The quantitative estimate of drug-likeness (QED) is 0.621. The van der Waals surface area contributed by atoms with Crippen LogP contribution in [-0.2, 0) is 6.18 Å². The van der Waals surface area contributed by atoms with E-state index < -0.39 is 11.7 Å². The number of hydrogen-bond donors (Lipinski definition) is 1. The highest BCUT2D eigenvalue weighted by Gasteiger charge is 2.30. The minimum Gasteiger partial charge on any atom is -0.398 e. The first-order valence-corrected chi connectivity index (χ1v) is 4.71. The van der Waals surface area contributed by atoms with E-state index in [1.54, 1.807) is 0 Å². The SMILES string of the molecule is C=C(I)c1cc(C(F)(F)F)ccc1N. The molecule has 0 aliphatic heterocycles. The molecule has 0 saturated carbocycles. The van der Waals surface area contributed by atoms with Gasteiger partial charge < -0.3 is 5.73 Å². The number of hydrogen-bond acceptors (Lipinski definition) is 1. The van der Waals surface area contributed by atoms with Gasteiger partial charge in [-0.1, -0.05) is 6.58 Å². The zero-order chi connectivity index (χ0) is 10.9. The van der Waals surface area contributed by atoms with Gasteiger partial charge in [0.25, 0.3) is 0 Å². The lowest BCUT2D eigenvalue weighted by molar-refractivity contribution is -0.137. The lowest BCUT2D eigenvalue weighted by Gasteiger charge is -2.10. The fourth-order valence-electron chi connectivity index (χ4n) is 0.968. The molecule has 0 saturated heterocycles. The van der Waals surface area contributed by atoms with E-state index in [9.17, 15) is 13.2 Å². The number of nitrogens with two attached hydrogens (primary N) is 1. The average molecular weight is 313 g/mol. The van der Waals surface area contributed by atoms with Crippen LogP contribution >= 0.6 is 22.6 Å². The van der Waals surface area contributed by atoms with Crippen molar-refractivity contribution in [2.45, 2.75) is 6.18 Å². The lowest BCUT2D eigenvalue weighted by atomic mass is 10.1. The molecule has 1 aromatic rings. The Labute approximate surface area is 92.9 Å². The smallest absolute Gasteiger partial charge is 0.398 e. The summed E-state index contributed by atoms with van der Waals surface area (Å²) in [6.07, 6.45) is -4.34. The van der Waals surface area contributed by atoms with Gasteiger partial charge in [0.15, 0.2) is 0 Å². The van der Waals surface area contributed by atoms with Gasteiger partial charge in [-0.15, -0.1) is 0 Å². The van der Waals surface area contributed by atoms with Crippen molar-refractivity contribution in [3.63, 3.8) is 0 Å². The summed E-state index contributed by atoms with van der Waals surface area (Å²) in [5.41, 5.74) is 5.43. The maximum atomic E-state index is 12.3. The van der Waals surface area contributed by atoms with Gasteiger partial charge in [-0.05, 0) is 40.8 Å². The van der Waals surface area contributed by atoms with Crippen molar-refractivity contribution in [3.05, 3.63) is 35.9 Å². The van der Waals surface area contributed by atoms with Crippen molar-refractivity contribution >= 4 is 31.9 Å². The molecule has 0 amide bonds. The molecule has 0 spiro atoms. The summed E-state index contributed by atoms with van der Waals surface area (Å²) in [5, 5.41) is 0. The highest BCUT2D eigenvalue weighted by Crippen LogP contribution is 2.34. The molecule has 2 N–H and O–H groups in total. The molecule has 1 nitrogen and oxygen atoms in total. The molecule has 0 fully saturated rings. The van der Waals surface area contributed by atoms with Crippen molar-refractivity contribution in [2.24, 2.45) is 0 Å². The molecular weight excluding hydrogens is 306 g/mol. The molecule has 0 unspecified atom stereocenters. The molecule has 76 valence electrons. The number of nitrogen functional groups attached to an aromatic ring is 1. The van der Waals surface area contributed by atoms with Gasteiger partial charge in [-0.3, -0.25) is 0 Å². The van der Waals surface area contributed by atoms with Gasteiger partial charge in [0, 0.05) is 14.8 Å². The summed E-state index contributed by atoms with van der Waals surface area (Å²) < 4.78 is 37.4. The zero-order valence-corrected chi connectivity index (χ0v) is 9.19. The van der Waals surface area contributed by atoms with Gasteiger partial charge in [0.1, 0.15) is 0 Å². The van der Waals surface area contributed by atoms with Crippen LogP contribution in [0.1, 0.15) is 11.1 Å². The van der Waals surface area contributed by atoms with Crippen molar-refractivity contribution in [1.82, 2.24) is 0 Å².